The summed E-state index contributed by atoms with van der Waals surface area (Å²) in [5.41, 5.74) is 3.63. The third-order valence-electron chi connectivity index (χ3n) is 6.84. The predicted octanol–water partition coefficient (Wildman–Crippen LogP) is 6.95. The summed E-state index contributed by atoms with van der Waals surface area (Å²) in [5.74, 6) is 2.03. The zero-order valence-electron chi connectivity index (χ0n) is 22.5. The molecule has 4 aromatic carbocycles. The summed E-state index contributed by atoms with van der Waals surface area (Å²) in [5, 5.41) is 13.1. The molecule has 0 radical (unpaired) electrons. The number of hydrogen-bond donors (Lipinski definition) is 0. The Hall–Kier alpha value is -4.61. The quantitative estimate of drug-likeness (QED) is 0.193. The fraction of sp³-hybridized carbons (Fsp3) is 0.0588. The molecule has 0 bridgehead atoms. The van der Waals surface area contributed by atoms with Gasteiger partial charge in [-0.3, -0.25) is 0 Å². The van der Waals surface area contributed by atoms with Gasteiger partial charge in [0.25, 0.3) is 0 Å². The van der Waals surface area contributed by atoms with Crippen molar-refractivity contribution in [3.05, 3.63) is 152 Å². The van der Waals surface area contributed by atoms with Crippen molar-refractivity contribution in [3.63, 3.8) is 0 Å². The third kappa shape index (κ3) is 5.88. The molecule has 7 rings (SSSR count). The Morgan fingerprint density at radius 2 is 1.43 bits per heavy atom. The van der Waals surface area contributed by atoms with Crippen LogP contribution in [0.15, 0.2) is 132 Å². The van der Waals surface area contributed by atoms with Crippen molar-refractivity contribution >= 4 is 29.2 Å². The maximum atomic E-state index is 6.20. The Bertz CT molecular complexity index is 1640. The van der Waals surface area contributed by atoms with Crippen LogP contribution >= 0.6 is 0 Å². The molecule has 1 atom stereocenters. The van der Waals surface area contributed by atoms with Crippen molar-refractivity contribution in [2.45, 2.75) is 12.5 Å². The molecule has 2 heterocycles. The largest absolute Gasteiger partial charge is 4.00 e. The van der Waals surface area contributed by atoms with Crippen LogP contribution in [0.2, 0.25) is 0 Å². The number of benzene rings is 4. The first kappa shape index (κ1) is 27.6. The maximum Gasteiger partial charge on any atom is 4.00 e. The molecular formula is C34H26N6OPt. The summed E-state index contributed by atoms with van der Waals surface area (Å²) in [7, 11) is 0. The third-order valence-corrected chi connectivity index (χ3v) is 6.84. The molecular weight excluding hydrogens is 703 g/mol. The van der Waals surface area contributed by atoms with E-state index < -0.39 is 0 Å². The normalized spacial score (nSPS) is 17.4. The smallest absolute Gasteiger partial charge is 0.509 e. The van der Waals surface area contributed by atoms with Crippen LogP contribution in [0, 0.1) is 25.5 Å². The van der Waals surface area contributed by atoms with Gasteiger partial charge in [0.1, 0.15) is 5.84 Å². The summed E-state index contributed by atoms with van der Waals surface area (Å²) in [4.78, 5) is 4.16. The average Bonchev–Trinajstić information content (AvgIpc) is 3.72. The standard InChI is InChI=1S/C34H26N6O.Pt/c1-4-12-27(13-5-1)34-36-40(26-38(34)29-16-8-3-9-17-29)31-19-11-21-33(23-31)41-32-20-10-18-30(22-32)39-25-37(24-35-39)28-14-6-2-7-15-28;/h1-16,18-21,24-26,29H,17H2;/q-4;+4/t29-;/m1./s1. The van der Waals surface area contributed by atoms with Gasteiger partial charge in [-0.05, 0) is 18.6 Å². The van der Waals surface area contributed by atoms with Crippen LogP contribution in [0.1, 0.15) is 12.0 Å². The first-order valence-corrected chi connectivity index (χ1v) is 13.4. The molecule has 2 aliphatic heterocycles. The summed E-state index contributed by atoms with van der Waals surface area (Å²) in [6.45, 7) is 3.94. The molecule has 4 aromatic rings. The van der Waals surface area contributed by atoms with Crippen molar-refractivity contribution in [1.29, 1.82) is 0 Å². The minimum Gasteiger partial charge on any atom is -0.509 e. The average molecular weight is 730 g/mol. The number of nitrogens with zero attached hydrogens (tertiary/aromatic N) is 6. The topological polar surface area (TPSA) is 46.9 Å². The second-order valence-electron chi connectivity index (χ2n) is 9.61. The van der Waals surface area contributed by atoms with E-state index >= 15 is 0 Å². The molecule has 0 aromatic heterocycles. The van der Waals surface area contributed by atoms with E-state index in [9.17, 15) is 0 Å². The number of hydrazone groups is 2. The Balaban J connectivity index is 0.00000316. The van der Waals surface area contributed by atoms with E-state index in [1.807, 2.05) is 108 Å². The van der Waals surface area contributed by atoms with Gasteiger partial charge < -0.3 is 24.6 Å². The Kier molecular flexibility index (Phi) is 8.20. The second-order valence-corrected chi connectivity index (χ2v) is 9.61. The van der Waals surface area contributed by atoms with Gasteiger partial charge in [-0.1, -0.05) is 84.2 Å². The number of rotatable bonds is 7. The molecule has 0 amide bonds. The van der Waals surface area contributed by atoms with Crippen LogP contribution in [0.25, 0.3) is 0 Å². The number of para-hydroxylation sites is 1. The van der Waals surface area contributed by atoms with Gasteiger partial charge >= 0.3 is 21.1 Å². The van der Waals surface area contributed by atoms with E-state index in [0.29, 0.717) is 11.5 Å². The number of ether oxygens (including phenoxy) is 1. The van der Waals surface area contributed by atoms with Crippen molar-refractivity contribution in [2.24, 2.45) is 10.2 Å². The number of hydrogen-bond acceptors (Lipinski definition) is 7. The van der Waals surface area contributed by atoms with Gasteiger partial charge in [-0.25, -0.2) is 0 Å². The molecule has 0 spiro atoms. The van der Waals surface area contributed by atoms with Crippen molar-refractivity contribution < 1.29 is 25.8 Å². The Labute approximate surface area is 260 Å². The molecule has 208 valence electrons. The Morgan fingerprint density at radius 1 is 0.738 bits per heavy atom. The van der Waals surface area contributed by atoms with Crippen LogP contribution in [-0.4, -0.2) is 23.1 Å². The summed E-state index contributed by atoms with van der Waals surface area (Å²) in [6, 6.07) is 38.7. The molecule has 0 saturated carbocycles. The van der Waals surface area contributed by atoms with Crippen LogP contribution in [0.3, 0.4) is 0 Å². The van der Waals surface area contributed by atoms with E-state index in [1.165, 1.54) is 0 Å². The van der Waals surface area contributed by atoms with Crippen molar-refractivity contribution in [2.75, 3.05) is 14.9 Å². The van der Waals surface area contributed by atoms with E-state index in [2.05, 4.69) is 58.6 Å². The summed E-state index contributed by atoms with van der Waals surface area (Å²) in [6.07, 6.45) is 11.2. The number of anilines is 3. The van der Waals surface area contributed by atoms with Gasteiger partial charge in [0, 0.05) is 28.8 Å². The Morgan fingerprint density at radius 3 is 2.12 bits per heavy atom. The van der Waals surface area contributed by atoms with Crippen LogP contribution in [0.5, 0.6) is 11.5 Å². The molecule has 7 nitrogen and oxygen atoms in total. The SMILES string of the molecule is [Pt+4].[c-]1c(Oc2[c-]c(N3[CH-]N([C@@H]4C=CC=CC4)C(c4ccccc4)=N3)ccc2)cccc1N1[CH-]N(c2ccccc2)C=N1. The van der Waals surface area contributed by atoms with Gasteiger partial charge in [0.2, 0.25) is 0 Å². The fourth-order valence-corrected chi connectivity index (χ4v) is 4.80. The molecule has 3 aliphatic rings. The molecule has 0 unspecified atom stereocenters. The maximum absolute atomic E-state index is 6.20. The van der Waals surface area contributed by atoms with E-state index in [0.717, 1.165) is 34.9 Å². The van der Waals surface area contributed by atoms with E-state index in [1.54, 1.807) is 11.3 Å². The molecule has 8 heteroatoms. The van der Waals surface area contributed by atoms with Crippen LogP contribution < -0.4 is 19.7 Å². The van der Waals surface area contributed by atoms with E-state index in [4.69, 9.17) is 9.84 Å². The molecule has 0 saturated heterocycles. The molecule has 0 fully saturated rings. The molecule has 1 aliphatic carbocycles. The summed E-state index contributed by atoms with van der Waals surface area (Å²) < 4.78 is 6.20. The number of allylic oxidation sites excluding steroid dienone is 2. The predicted molar refractivity (Wildman–Crippen MR) is 163 cm³/mol. The van der Waals surface area contributed by atoms with Gasteiger partial charge in [-0.15, -0.1) is 49.7 Å². The minimum absolute atomic E-state index is 0. The first-order chi connectivity index (χ1) is 20.3. The van der Waals surface area contributed by atoms with Gasteiger partial charge in [0.05, 0.1) is 6.34 Å². The van der Waals surface area contributed by atoms with Crippen LogP contribution in [0.4, 0.5) is 17.1 Å². The van der Waals surface area contributed by atoms with Crippen molar-refractivity contribution in [1.82, 2.24) is 4.90 Å². The minimum atomic E-state index is 0. The zero-order chi connectivity index (χ0) is 27.4. The van der Waals surface area contributed by atoms with E-state index in [-0.39, 0.29) is 27.1 Å². The van der Waals surface area contributed by atoms with Gasteiger partial charge in [0.15, 0.2) is 0 Å². The first-order valence-electron chi connectivity index (χ1n) is 13.4. The molecule has 42 heavy (non-hydrogen) atoms. The zero-order valence-corrected chi connectivity index (χ0v) is 24.7. The van der Waals surface area contributed by atoms with Gasteiger partial charge in [-0.2, -0.15) is 22.3 Å². The summed E-state index contributed by atoms with van der Waals surface area (Å²) >= 11 is 0. The van der Waals surface area contributed by atoms with Crippen LogP contribution in [-0.2, 0) is 21.1 Å². The van der Waals surface area contributed by atoms with Crippen molar-refractivity contribution in [3.8, 4) is 11.5 Å². The number of amidine groups is 1. The fourth-order valence-electron chi connectivity index (χ4n) is 4.80. The monoisotopic (exact) mass is 729 g/mol. The molecule has 0 N–H and O–H groups in total. The second kappa shape index (κ2) is 12.5.